The number of fused-ring (bicyclic) bond motifs is 1. The van der Waals surface area contributed by atoms with Crippen molar-refractivity contribution in [3.8, 4) is 34.5 Å². The van der Waals surface area contributed by atoms with Crippen LogP contribution in [0, 0.1) is 6.92 Å². The molecule has 0 aliphatic rings. The van der Waals surface area contributed by atoms with Crippen LogP contribution in [0.3, 0.4) is 0 Å². The summed E-state index contributed by atoms with van der Waals surface area (Å²) in [5.74, 6) is 1.96. The lowest BCUT2D eigenvalue weighted by molar-refractivity contribution is 0.0949. The molecule has 0 radical (unpaired) electrons. The van der Waals surface area contributed by atoms with E-state index in [0.29, 0.717) is 34.5 Å². The molecule has 2 aromatic carbocycles. The Kier molecular flexibility index (Phi) is 8.00. The van der Waals surface area contributed by atoms with Gasteiger partial charge in [0, 0.05) is 30.4 Å². The van der Waals surface area contributed by atoms with E-state index < -0.39 is 21.4 Å². The predicted molar refractivity (Wildman–Crippen MR) is 157 cm³/mol. The number of anilines is 1. The van der Waals surface area contributed by atoms with Crippen molar-refractivity contribution in [2.24, 2.45) is 0 Å². The molecule has 0 saturated heterocycles. The summed E-state index contributed by atoms with van der Waals surface area (Å²) in [5, 5.41) is 8.39. The highest BCUT2D eigenvalue weighted by molar-refractivity contribution is 7.93. The Hall–Kier alpha value is -4.69. The summed E-state index contributed by atoms with van der Waals surface area (Å²) in [5.41, 5.74) is 2.63. The number of aromatic amines is 1. The molecule has 13 nitrogen and oxygen atoms in total. The van der Waals surface area contributed by atoms with Crippen molar-refractivity contribution in [3.05, 3.63) is 66.2 Å². The van der Waals surface area contributed by atoms with Gasteiger partial charge in [-0.05, 0) is 55.8 Å². The van der Waals surface area contributed by atoms with E-state index in [1.54, 1.807) is 37.7 Å². The van der Waals surface area contributed by atoms with Crippen molar-refractivity contribution >= 4 is 26.9 Å². The monoisotopic (exact) mass is 593 g/mol. The van der Waals surface area contributed by atoms with Gasteiger partial charge in [-0.15, -0.1) is 10.2 Å². The van der Waals surface area contributed by atoms with Crippen LogP contribution < -0.4 is 18.9 Å². The van der Waals surface area contributed by atoms with E-state index in [0.717, 1.165) is 16.5 Å². The van der Waals surface area contributed by atoms with E-state index in [-0.39, 0.29) is 11.8 Å². The summed E-state index contributed by atoms with van der Waals surface area (Å²) in [6.07, 6.45) is 2.25. The number of nitrogens with one attached hydrogen (secondary N) is 2. The third-order valence-corrected chi connectivity index (χ3v) is 8.51. The predicted octanol–water partition coefficient (Wildman–Crippen LogP) is 4.06. The van der Waals surface area contributed by atoms with E-state index in [9.17, 15) is 8.42 Å². The number of methoxy groups -OCH3 is 4. The number of nitrogens with zero attached hydrogens (tertiary/aromatic N) is 5. The number of aromatic nitrogens is 6. The van der Waals surface area contributed by atoms with Crippen LogP contribution >= 0.6 is 0 Å². The molecule has 14 heteroatoms. The molecule has 0 fully saturated rings. The van der Waals surface area contributed by atoms with Gasteiger partial charge >= 0.3 is 0 Å². The summed E-state index contributed by atoms with van der Waals surface area (Å²) in [6, 6.07) is 12.7. The highest BCUT2D eigenvalue weighted by Gasteiger charge is 2.35. The molecule has 2 N–H and O–H groups in total. The summed E-state index contributed by atoms with van der Waals surface area (Å²) >= 11 is 0. The Morgan fingerprint density at radius 3 is 2.24 bits per heavy atom. The Morgan fingerprint density at radius 2 is 1.62 bits per heavy atom. The zero-order chi connectivity index (χ0) is 30.0. The maximum atomic E-state index is 13.8. The van der Waals surface area contributed by atoms with Crippen molar-refractivity contribution in [1.82, 2.24) is 29.7 Å². The molecular formula is C28H31N7O6S. The number of sulfonamides is 1. The van der Waals surface area contributed by atoms with E-state index in [1.807, 2.05) is 31.2 Å². The maximum Gasteiger partial charge on any atom is 0.243 e. The van der Waals surface area contributed by atoms with Crippen LogP contribution in [-0.2, 0) is 14.8 Å². The third-order valence-electron chi connectivity index (χ3n) is 6.82. The molecule has 0 saturated carbocycles. The van der Waals surface area contributed by atoms with Crippen LogP contribution in [0.5, 0.6) is 17.2 Å². The number of hydrogen-bond donors (Lipinski definition) is 2. The zero-order valence-corrected chi connectivity index (χ0v) is 24.8. The minimum atomic E-state index is -4.14. The number of para-hydroxylation sites is 1. The Bertz CT molecular complexity index is 1800. The molecule has 3 aromatic heterocycles. The quantitative estimate of drug-likeness (QED) is 0.229. The minimum Gasteiger partial charge on any atom is -0.497 e. The first-order chi connectivity index (χ1) is 20.2. The molecule has 3 heterocycles. The topological polar surface area (TPSA) is 155 Å². The second kappa shape index (κ2) is 11.7. The molecule has 42 heavy (non-hydrogen) atoms. The van der Waals surface area contributed by atoms with Crippen LogP contribution in [0.25, 0.3) is 28.1 Å². The van der Waals surface area contributed by atoms with Gasteiger partial charge in [0.1, 0.15) is 34.3 Å². The van der Waals surface area contributed by atoms with Gasteiger partial charge in [0.2, 0.25) is 16.0 Å². The fraction of sp³-hybridized carbons (Fsp3) is 0.286. The minimum absolute atomic E-state index is 0.0874. The average molecular weight is 594 g/mol. The summed E-state index contributed by atoms with van der Waals surface area (Å²) in [7, 11) is 1.88. The Labute approximate surface area is 242 Å². The smallest absolute Gasteiger partial charge is 0.243 e. The van der Waals surface area contributed by atoms with Crippen molar-refractivity contribution in [2.45, 2.75) is 25.2 Å². The molecule has 0 unspecified atom stereocenters. The highest BCUT2D eigenvalue weighted by Crippen LogP contribution is 2.38. The van der Waals surface area contributed by atoms with Gasteiger partial charge in [0.25, 0.3) is 0 Å². The lowest BCUT2D eigenvalue weighted by atomic mass is 10.2. The molecule has 220 valence electrons. The number of H-pyrrole nitrogens is 1. The summed E-state index contributed by atoms with van der Waals surface area (Å²) in [4.78, 5) is 11.9. The first kappa shape index (κ1) is 28.8. The number of aryl methyl sites for hydroxylation is 1. The van der Waals surface area contributed by atoms with Crippen molar-refractivity contribution in [2.75, 3.05) is 33.2 Å². The van der Waals surface area contributed by atoms with Crippen molar-refractivity contribution < 1.29 is 27.4 Å². The number of rotatable bonds is 11. The number of benzene rings is 2. The van der Waals surface area contributed by atoms with Crippen LogP contribution in [-0.4, -0.2) is 71.8 Å². The van der Waals surface area contributed by atoms with E-state index in [2.05, 4.69) is 29.9 Å². The SMILES string of the molecule is COc1ccc2[nH]c(-c3nnc(NS(=O)(=O)[C@@H](C)[C@H](OC)c4ncc(C)cn4)n3-c3c(OC)cccc3OC)cc2c1. The van der Waals surface area contributed by atoms with Crippen molar-refractivity contribution in [3.63, 3.8) is 0 Å². The second-order valence-electron chi connectivity index (χ2n) is 9.46. The molecule has 5 rings (SSSR count). The summed E-state index contributed by atoms with van der Waals surface area (Å²) < 4.78 is 53.9. The number of ether oxygens (including phenoxy) is 4. The van der Waals surface area contributed by atoms with Crippen molar-refractivity contribution in [1.29, 1.82) is 0 Å². The van der Waals surface area contributed by atoms with Crippen LogP contribution in [0.2, 0.25) is 0 Å². The van der Waals surface area contributed by atoms with Gasteiger partial charge < -0.3 is 23.9 Å². The standard InChI is InChI=1S/C28H31N7O6S/c1-16-14-29-26(30-15-16)25(41-6)17(2)42(36,37)34-28-33-32-27(21-13-18-12-19(38-3)10-11-20(18)31-21)35(28)24-22(39-4)8-7-9-23(24)40-5/h7-15,17,25,31H,1-6H3,(H,33,34)/t17-,25-/m0/s1. The molecule has 5 aromatic rings. The van der Waals surface area contributed by atoms with Crippen LogP contribution in [0.1, 0.15) is 24.4 Å². The first-order valence-electron chi connectivity index (χ1n) is 12.9. The molecule has 0 aliphatic carbocycles. The summed E-state index contributed by atoms with van der Waals surface area (Å²) in [6.45, 7) is 3.35. The Morgan fingerprint density at radius 1 is 0.929 bits per heavy atom. The normalized spacial score (nSPS) is 13.1. The molecule has 0 spiro atoms. The van der Waals surface area contributed by atoms with E-state index in [1.165, 1.54) is 32.8 Å². The molecule has 0 amide bonds. The van der Waals surface area contributed by atoms with Gasteiger partial charge in [-0.2, -0.15) is 0 Å². The average Bonchev–Trinajstić information content (AvgIpc) is 3.60. The van der Waals surface area contributed by atoms with Gasteiger partial charge in [0.05, 0.1) is 27.0 Å². The largest absolute Gasteiger partial charge is 0.497 e. The maximum absolute atomic E-state index is 13.8. The fourth-order valence-corrected chi connectivity index (χ4v) is 5.72. The lowest BCUT2D eigenvalue weighted by Crippen LogP contribution is -2.33. The van der Waals surface area contributed by atoms with E-state index >= 15 is 0 Å². The van der Waals surface area contributed by atoms with E-state index in [4.69, 9.17) is 18.9 Å². The van der Waals surface area contributed by atoms with Gasteiger partial charge in [-0.3, -0.25) is 9.29 Å². The van der Waals surface area contributed by atoms with Crippen LogP contribution in [0.4, 0.5) is 5.95 Å². The zero-order valence-electron chi connectivity index (χ0n) is 23.9. The molecule has 2 atom stereocenters. The molecular weight excluding hydrogens is 562 g/mol. The molecule has 0 aliphatic heterocycles. The van der Waals surface area contributed by atoms with Gasteiger partial charge in [-0.1, -0.05) is 6.07 Å². The second-order valence-corrected chi connectivity index (χ2v) is 11.5. The van der Waals surface area contributed by atoms with Gasteiger partial charge in [0.15, 0.2) is 11.6 Å². The highest BCUT2D eigenvalue weighted by atomic mass is 32.2. The lowest BCUT2D eigenvalue weighted by Gasteiger charge is -2.22. The molecule has 0 bridgehead atoms. The third kappa shape index (κ3) is 5.33. The fourth-order valence-electron chi connectivity index (χ4n) is 4.59. The van der Waals surface area contributed by atoms with Gasteiger partial charge in [-0.25, -0.2) is 18.4 Å². The Balaban J connectivity index is 1.64. The first-order valence-corrected chi connectivity index (χ1v) is 14.4. The number of hydrogen-bond acceptors (Lipinski definition) is 10. The van der Waals surface area contributed by atoms with Crippen LogP contribution in [0.15, 0.2) is 54.9 Å².